The van der Waals surface area contributed by atoms with Crippen LogP contribution >= 0.6 is 11.3 Å². The Hall–Kier alpha value is -2.54. The van der Waals surface area contributed by atoms with E-state index in [1.165, 1.54) is 10.4 Å². The lowest BCUT2D eigenvalue weighted by molar-refractivity contribution is -0.127. The van der Waals surface area contributed by atoms with Crippen molar-refractivity contribution in [3.05, 3.63) is 52.2 Å². The third-order valence-corrected chi connectivity index (χ3v) is 4.67. The number of guanidine groups is 1. The van der Waals surface area contributed by atoms with E-state index in [2.05, 4.69) is 33.8 Å². The Kier molecular flexibility index (Phi) is 8.64. The molecule has 0 spiro atoms. The van der Waals surface area contributed by atoms with E-state index in [-0.39, 0.29) is 12.5 Å². The molecule has 146 valence electrons. The molecule has 0 unspecified atom stereocenters. The van der Waals surface area contributed by atoms with Gasteiger partial charge in [-0.25, -0.2) is 4.99 Å². The number of hydrogen-bond donors (Lipinski definition) is 2. The van der Waals surface area contributed by atoms with Crippen molar-refractivity contribution in [2.75, 3.05) is 33.8 Å². The smallest absolute Gasteiger partial charge is 0.243 e. The monoisotopic (exact) mass is 388 g/mol. The van der Waals surface area contributed by atoms with E-state index in [1.807, 2.05) is 30.5 Å². The number of ether oxygens (including phenoxy) is 1. The highest BCUT2D eigenvalue weighted by Crippen LogP contribution is 2.13. The van der Waals surface area contributed by atoms with Gasteiger partial charge in [-0.15, -0.1) is 11.3 Å². The van der Waals surface area contributed by atoms with Crippen LogP contribution in [0.2, 0.25) is 0 Å². The highest BCUT2D eigenvalue weighted by Gasteiger charge is 2.05. The van der Waals surface area contributed by atoms with Crippen LogP contribution in [-0.2, 0) is 17.8 Å². The summed E-state index contributed by atoms with van der Waals surface area (Å²) in [7, 11) is 3.46. The first-order valence-corrected chi connectivity index (χ1v) is 9.93. The van der Waals surface area contributed by atoms with Crippen LogP contribution in [-0.4, -0.2) is 50.6 Å². The molecule has 0 bridgehead atoms. The Labute approximate surface area is 165 Å². The zero-order valence-corrected chi connectivity index (χ0v) is 17.0. The minimum absolute atomic E-state index is 0.0309. The fraction of sp³-hybridized carbons (Fsp3) is 0.400. The topological polar surface area (TPSA) is 66.0 Å². The molecule has 1 aromatic carbocycles. The van der Waals surface area contributed by atoms with Crippen molar-refractivity contribution in [1.82, 2.24) is 15.5 Å². The van der Waals surface area contributed by atoms with E-state index >= 15 is 0 Å². The second-order valence-electron chi connectivity index (χ2n) is 6.14. The maximum atomic E-state index is 11.8. The van der Waals surface area contributed by atoms with Gasteiger partial charge >= 0.3 is 0 Å². The fourth-order valence-corrected chi connectivity index (χ4v) is 2.97. The molecule has 1 aromatic heterocycles. The molecule has 0 aliphatic heterocycles. The summed E-state index contributed by atoms with van der Waals surface area (Å²) in [5.41, 5.74) is 1.19. The molecule has 6 nitrogen and oxygen atoms in total. The van der Waals surface area contributed by atoms with E-state index in [0.717, 1.165) is 12.2 Å². The summed E-state index contributed by atoms with van der Waals surface area (Å²) < 4.78 is 5.54. The number of carbonyl (C=O) groups is 1. The van der Waals surface area contributed by atoms with Crippen molar-refractivity contribution < 1.29 is 9.53 Å². The lowest BCUT2D eigenvalue weighted by atomic mass is 10.1. The third-order valence-electron chi connectivity index (χ3n) is 3.80. The van der Waals surface area contributed by atoms with Crippen molar-refractivity contribution in [1.29, 1.82) is 0 Å². The van der Waals surface area contributed by atoms with Gasteiger partial charge in [0.15, 0.2) is 5.96 Å². The summed E-state index contributed by atoms with van der Waals surface area (Å²) in [5, 5.41) is 8.64. The van der Waals surface area contributed by atoms with Crippen LogP contribution in [0, 0.1) is 0 Å². The first kappa shape index (κ1) is 20.8. The summed E-state index contributed by atoms with van der Waals surface area (Å²) in [5.74, 6) is 1.49. The maximum Gasteiger partial charge on any atom is 0.243 e. The zero-order chi connectivity index (χ0) is 19.5. The number of rotatable bonds is 9. The van der Waals surface area contributed by atoms with E-state index in [1.54, 1.807) is 30.3 Å². The van der Waals surface area contributed by atoms with Gasteiger partial charge in [0, 0.05) is 25.5 Å². The summed E-state index contributed by atoms with van der Waals surface area (Å²) in [4.78, 5) is 19.0. The van der Waals surface area contributed by atoms with Crippen molar-refractivity contribution >= 4 is 23.2 Å². The maximum absolute atomic E-state index is 11.8. The number of thiophene rings is 1. The van der Waals surface area contributed by atoms with Crippen LogP contribution in [0.4, 0.5) is 0 Å². The molecule has 0 saturated heterocycles. The van der Waals surface area contributed by atoms with Gasteiger partial charge in [0.1, 0.15) is 12.3 Å². The number of nitrogens with zero attached hydrogens (tertiary/aromatic N) is 2. The molecule has 0 saturated carbocycles. The first-order valence-electron chi connectivity index (χ1n) is 9.05. The molecule has 1 amide bonds. The van der Waals surface area contributed by atoms with Crippen molar-refractivity contribution in [2.45, 2.75) is 19.9 Å². The molecule has 1 heterocycles. The molecule has 7 heteroatoms. The number of hydrogen-bond acceptors (Lipinski definition) is 4. The summed E-state index contributed by atoms with van der Waals surface area (Å²) in [6.45, 7) is 4.14. The lowest BCUT2D eigenvalue weighted by Crippen LogP contribution is -2.39. The van der Waals surface area contributed by atoms with Gasteiger partial charge in [-0.1, -0.05) is 18.2 Å². The molecule has 2 aromatic rings. The van der Waals surface area contributed by atoms with E-state index < -0.39 is 0 Å². The van der Waals surface area contributed by atoms with Gasteiger partial charge in [-0.05, 0) is 42.5 Å². The molecule has 27 heavy (non-hydrogen) atoms. The largest absolute Gasteiger partial charge is 0.494 e. The van der Waals surface area contributed by atoms with Gasteiger partial charge in [0.25, 0.3) is 0 Å². The minimum Gasteiger partial charge on any atom is -0.494 e. The average molecular weight is 389 g/mol. The SMILES string of the molecule is CCOc1cccc(CCNC(=NCC(=O)N(C)C)NCc2cccs2)c1. The molecule has 0 radical (unpaired) electrons. The van der Waals surface area contributed by atoms with Crippen LogP contribution in [0.3, 0.4) is 0 Å². The second kappa shape index (κ2) is 11.2. The Bertz CT molecular complexity index is 729. The molecule has 2 rings (SSSR count). The Balaban J connectivity index is 1.90. The standard InChI is InChI=1S/C20H28N4O2S/c1-4-26-17-8-5-7-16(13-17)10-11-21-20(23-15-19(25)24(2)3)22-14-18-9-6-12-27-18/h5-9,12-13H,4,10-11,14-15H2,1-3H3,(H2,21,22,23). The van der Waals surface area contributed by atoms with Gasteiger partial charge in [0.2, 0.25) is 5.91 Å². The van der Waals surface area contributed by atoms with Gasteiger partial charge in [-0.3, -0.25) is 4.79 Å². The average Bonchev–Trinajstić information content (AvgIpc) is 3.17. The number of benzene rings is 1. The van der Waals surface area contributed by atoms with Crippen molar-refractivity contribution in [3.63, 3.8) is 0 Å². The first-order chi connectivity index (χ1) is 13.1. The van der Waals surface area contributed by atoms with Crippen LogP contribution in [0.1, 0.15) is 17.4 Å². The second-order valence-corrected chi connectivity index (χ2v) is 7.18. The lowest BCUT2D eigenvalue weighted by Gasteiger charge is -2.14. The summed E-state index contributed by atoms with van der Waals surface area (Å²) in [6.07, 6.45) is 0.836. The fourth-order valence-electron chi connectivity index (χ4n) is 2.33. The third kappa shape index (κ3) is 7.70. The highest BCUT2D eigenvalue weighted by molar-refractivity contribution is 7.09. The van der Waals surface area contributed by atoms with Crippen LogP contribution in [0.15, 0.2) is 46.8 Å². The summed E-state index contributed by atoms with van der Waals surface area (Å²) in [6, 6.07) is 12.2. The van der Waals surface area contributed by atoms with Crippen LogP contribution < -0.4 is 15.4 Å². The minimum atomic E-state index is -0.0309. The number of likely N-dealkylation sites (N-methyl/N-ethyl adjacent to an activating group) is 1. The van der Waals surface area contributed by atoms with Crippen molar-refractivity contribution in [3.8, 4) is 5.75 Å². The number of aliphatic imine (C=N–C) groups is 1. The van der Waals surface area contributed by atoms with E-state index in [0.29, 0.717) is 25.7 Å². The van der Waals surface area contributed by atoms with Gasteiger partial charge in [0.05, 0.1) is 13.2 Å². The molecular formula is C20H28N4O2S. The quantitative estimate of drug-likeness (QED) is 0.512. The predicted molar refractivity (Wildman–Crippen MR) is 111 cm³/mol. The van der Waals surface area contributed by atoms with Crippen LogP contribution in [0.25, 0.3) is 0 Å². The molecule has 0 atom stereocenters. The number of nitrogens with one attached hydrogen (secondary N) is 2. The Morgan fingerprint density at radius 2 is 2.07 bits per heavy atom. The molecule has 0 aliphatic rings. The molecule has 0 fully saturated rings. The van der Waals surface area contributed by atoms with Crippen molar-refractivity contribution in [2.24, 2.45) is 4.99 Å². The predicted octanol–water partition coefficient (Wildman–Crippen LogP) is 2.51. The van der Waals surface area contributed by atoms with Crippen LogP contribution in [0.5, 0.6) is 5.75 Å². The molecule has 2 N–H and O–H groups in total. The Morgan fingerprint density at radius 1 is 1.22 bits per heavy atom. The molecular weight excluding hydrogens is 360 g/mol. The number of carbonyl (C=O) groups excluding carboxylic acids is 1. The number of amides is 1. The normalized spacial score (nSPS) is 11.1. The molecule has 0 aliphatic carbocycles. The van der Waals surface area contributed by atoms with Gasteiger partial charge < -0.3 is 20.3 Å². The van der Waals surface area contributed by atoms with E-state index in [9.17, 15) is 4.79 Å². The summed E-state index contributed by atoms with van der Waals surface area (Å²) >= 11 is 1.69. The zero-order valence-electron chi connectivity index (χ0n) is 16.2. The van der Waals surface area contributed by atoms with Gasteiger partial charge in [-0.2, -0.15) is 0 Å². The van der Waals surface area contributed by atoms with E-state index in [4.69, 9.17) is 4.74 Å². The highest BCUT2D eigenvalue weighted by atomic mass is 32.1. The Morgan fingerprint density at radius 3 is 2.78 bits per heavy atom.